The van der Waals surface area contributed by atoms with E-state index in [-0.39, 0.29) is 5.91 Å². The van der Waals surface area contributed by atoms with Gasteiger partial charge in [0.05, 0.1) is 11.0 Å². The first kappa shape index (κ1) is 17.0. The predicted octanol–water partition coefficient (Wildman–Crippen LogP) is 4.64. The highest BCUT2D eigenvalue weighted by Gasteiger charge is 2.45. The van der Waals surface area contributed by atoms with Crippen molar-refractivity contribution in [2.75, 3.05) is 11.9 Å². The van der Waals surface area contributed by atoms with Crippen LogP contribution in [0.1, 0.15) is 36.8 Å². The van der Waals surface area contributed by atoms with Gasteiger partial charge in [-0.1, -0.05) is 31.0 Å². The van der Waals surface area contributed by atoms with Gasteiger partial charge in [-0.05, 0) is 24.5 Å². The third-order valence-electron chi connectivity index (χ3n) is 4.62. The standard InChI is InChI=1S/C17H17F3N2OS/c1-22(15-21-9-10-24-15)14(23)16(7-2-3-8-16)12-5-4-6-13(11-12)17(18,19)20/h4-6,9-11H,2-3,7-8H2,1H3. The van der Waals surface area contributed by atoms with E-state index >= 15 is 0 Å². The summed E-state index contributed by atoms with van der Waals surface area (Å²) in [7, 11) is 1.63. The van der Waals surface area contributed by atoms with Crippen LogP contribution in [0.5, 0.6) is 0 Å². The summed E-state index contributed by atoms with van der Waals surface area (Å²) in [4.78, 5) is 18.7. The van der Waals surface area contributed by atoms with Gasteiger partial charge < -0.3 is 0 Å². The monoisotopic (exact) mass is 354 g/mol. The average molecular weight is 354 g/mol. The molecule has 0 unspecified atom stereocenters. The fraction of sp³-hybridized carbons (Fsp3) is 0.412. The van der Waals surface area contributed by atoms with E-state index < -0.39 is 17.2 Å². The van der Waals surface area contributed by atoms with Crippen LogP contribution < -0.4 is 4.90 Å². The van der Waals surface area contributed by atoms with Crippen molar-refractivity contribution in [3.8, 4) is 0 Å². The number of halogens is 3. The van der Waals surface area contributed by atoms with Crippen LogP contribution >= 0.6 is 11.3 Å². The summed E-state index contributed by atoms with van der Waals surface area (Å²) in [6.45, 7) is 0. The minimum absolute atomic E-state index is 0.186. The molecule has 1 aromatic carbocycles. The molecule has 1 fully saturated rings. The lowest BCUT2D eigenvalue weighted by Crippen LogP contribution is -2.44. The second-order valence-corrected chi connectivity index (χ2v) is 6.92. The Labute approximate surface area is 142 Å². The Morgan fingerprint density at radius 3 is 2.58 bits per heavy atom. The van der Waals surface area contributed by atoms with Crippen molar-refractivity contribution >= 4 is 22.4 Å². The van der Waals surface area contributed by atoms with E-state index in [2.05, 4.69) is 4.98 Å². The number of hydrogen-bond acceptors (Lipinski definition) is 3. The summed E-state index contributed by atoms with van der Waals surface area (Å²) in [6, 6.07) is 5.18. The maximum Gasteiger partial charge on any atom is 0.416 e. The lowest BCUT2D eigenvalue weighted by Gasteiger charge is -2.32. The van der Waals surface area contributed by atoms with Crippen molar-refractivity contribution in [3.05, 3.63) is 47.0 Å². The molecule has 1 amide bonds. The minimum Gasteiger partial charge on any atom is -0.290 e. The Bertz CT molecular complexity index is 722. The third kappa shape index (κ3) is 2.92. The molecule has 0 spiro atoms. The third-order valence-corrected chi connectivity index (χ3v) is 5.47. The minimum atomic E-state index is -4.42. The van der Waals surface area contributed by atoms with Crippen LogP contribution in [0.2, 0.25) is 0 Å². The fourth-order valence-electron chi connectivity index (χ4n) is 3.39. The Kier molecular flexibility index (Phi) is 4.38. The molecule has 1 heterocycles. The number of rotatable bonds is 3. The molecule has 128 valence electrons. The SMILES string of the molecule is CN(C(=O)C1(c2cccc(C(F)(F)F)c2)CCCC1)c1nccs1. The van der Waals surface area contributed by atoms with Crippen molar-refractivity contribution < 1.29 is 18.0 Å². The molecule has 7 heteroatoms. The van der Waals surface area contributed by atoms with E-state index in [4.69, 9.17) is 0 Å². The molecular formula is C17H17F3N2OS. The van der Waals surface area contributed by atoms with E-state index in [0.717, 1.165) is 25.0 Å². The van der Waals surface area contributed by atoms with E-state index in [9.17, 15) is 18.0 Å². The summed E-state index contributed by atoms with van der Waals surface area (Å²) in [6.07, 6.45) is -0.0391. The molecular weight excluding hydrogens is 337 g/mol. The van der Waals surface area contributed by atoms with Gasteiger partial charge in [0, 0.05) is 18.6 Å². The molecule has 2 aromatic rings. The molecule has 0 bridgehead atoms. The fourth-order valence-corrected chi connectivity index (χ4v) is 3.99. The number of carbonyl (C=O) groups excluding carboxylic acids is 1. The van der Waals surface area contributed by atoms with Crippen LogP contribution in [0, 0.1) is 0 Å². The van der Waals surface area contributed by atoms with Crippen molar-refractivity contribution in [1.29, 1.82) is 0 Å². The van der Waals surface area contributed by atoms with Gasteiger partial charge in [0.15, 0.2) is 5.13 Å². The van der Waals surface area contributed by atoms with Gasteiger partial charge in [-0.3, -0.25) is 9.69 Å². The van der Waals surface area contributed by atoms with E-state index in [1.807, 2.05) is 0 Å². The van der Waals surface area contributed by atoms with E-state index in [0.29, 0.717) is 23.5 Å². The second-order valence-electron chi connectivity index (χ2n) is 6.05. The normalized spacial score (nSPS) is 17.0. The molecule has 0 N–H and O–H groups in total. The zero-order valence-electron chi connectivity index (χ0n) is 13.1. The molecule has 0 radical (unpaired) electrons. The van der Waals surface area contributed by atoms with Gasteiger partial charge in [0.25, 0.3) is 0 Å². The smallest absolute Gasteiger partial charge is 0.290 e. The Hall–Kier alpha value is -1.89. The number of hydrogen-bond donors (Lipinski definition) is 0. The Morgan fingerprint density at radius 2 is 2.00 bits per heavy atom. The molecule has 1 aliphatic carbocycles. The van der Waals surface area contributed by atoms with Gasteiger partial charge in [-0.25, -0.2) is 4.98 Å². The highest BCUT2D eigenvalue weighted by Crippen LogP contribution is 2.44. The van der Waals surface area contributed by atoms with Crippen molar-refractivity contribution in [3.63, 3.8) is 0 Å². The first-order valence-corrected chi connectivity index (χ1v) is 8.58. The number of alkyl halides is 3. The van der Waals surface area contributed by atoms with Gasteiger partial charge in [0.1, 0.15) is 0 Å². The number of aromatic nitrogens is 1. The summed E-state index contributed by atoms with van der Waals surface area (Å²) >= 11 is 1.33. The van der Waals surface area contributed by atoms with Crippen LogP contribution in [0.4, 0.5) is 18.3 Å². The summed E-state index contributed by atoms with van der Waals surface area (Å²) in [5.41, 5.74) is -1.17. The van der Waals surface area contributed by atoms with Crippen LogP contribution in [-0.4, -0.2) is 17.9 Å². The maximum absolute atomic E-state index is 13.1. The highest BCUT2D eigenvalue weighted by molar-refractivity contribution is 7.13. The Morgan fingerprint density at radius 1 is 1.29 bits per heavy atom. The zero-order valence-corrected chi connectivity index (χ0v) is 14.0. The number of benzene rings is 1. The summed E-state index contributed by atoms with van der Waals surface area (Å²) in [5.74, 6) is -0.186. The number of likely N-dealkylation sites (N-methyl/N-ethyl adjacent to an activating group) is 1. The van der Waals surface area contributed by atoms with Gasteiger partial charge in [-0.2, -0.15) is 13.2 Å². The summed E-state index contributed by atoms with van der Waals surface area (Å²) in [5, 5.41) is 2.32. The van der Waals surface area contributed by atoms with E-state index in [1.165, 1.54) is 22.3 Å². The van der Waals surface area contributed by atoms with Gasteiger partial charge in [-0.15, -0.1) is 11.3 Å². The molecule has 1 aromatic heterocycles. The number of anilines is 1. The Balaban J connectivity index is 2.02. The molecule has 0 aliphatic heterocycles. The predicted molar refractivity (Wildman–Crippen MR) is 87.1 cm³/mol. The highest BCUT2D eigenvalue weighted by atomic mass is 32.1. The zero-order chi connectivity index (χ0) is 17.4. The first-order valence-electron chi connectivity index (χ1n) is 7.70. The number of amides is 1. The van der Waals surface area contributed by atoms with Crippen LogP contribution in [0.25, 0.3) is 0 Å². The largest absolute Gasteiger partial charge is 0.416 e. The average Bonchev–Trinajstić information content (AvgIpc) is 3.25. The lowest BCUT2D eigenvalue weighted by molar-refractivity contribution is -0.137. The quantitative estimate of drug-likeness (QED) is 0.805. The molecule has 1 saturated carbocycles. The maximum atomic E-state index is 13.1. The van der Waals surface area contributed by atoms with Gasteiger partial charge in [0.2, 0.25) is 5.91 Å². The van der Waals surface area contributed by atoms with Crippen LogP contribution in [0.3, 0.4) is 0 Å². The van der Waals surface area contributed by atoms with Crippen molar-refractivity contribution in [2.24, 2.45) is 0 Å². The van der Waals surface area contributed by atoms with Crippen LogP contribution in [-0.2, 0) is 16.4 Å². The van der Waals surface area contributed by atoms with Gasteiger partial charge >= 0.3 is 6.18 Å². The molecule has 3 nitrogen and oxygen atoms in total. The topological polar surface area (TPSA) is 33.2 Å². The summed E-state index contributed by atoms with van der Waals surface area (Å²) < 4.78 is 39.2. The molecule has 1 aliphatic rings. The van der Waals surface area contributed by atoms with Crippen molar-refractivity contribution in [1.82, 2.24) is 4.98 Å². The van der Waals surface area contributed by atoms with Crippen molar-refractivity contribution in [2.45, 2.75) is 37.3 Å². The molecule has 3 rings (SSSR count). The number of carbonyl (C=O) groups is 1. The second kappa shape index (κ2) is 6.20. The van der Waals surface area contributed by atoms with Crippen LogP contribution in [0.15, 0.2) is 35.8 Å². The number of nitrogens with zero attached hydrogens (tertiary/aromatic N) is 2. The van der Waals surface area contributed by atoms with E-state index in [1.54, 1.807) is 24.7 Å². The number of thiazole rings is 1. The molecule has 24 heavy (non-hydrogen) atoms. The molecule has 0 saturated heterocycles. The lowest BCUT2D eigenvalue weighted by atomic mass is 9.77. The molecule has 0 atom stereocenters. The first-order chi connectivity index (χ1) is 11.3.